The minimum absolute atomic E-state index is 0.0564. The molecule has 0 aliphatic rings. The second-order valence-corrected chi connectivity index (χ2v) is 3.05. The van der Waals surface area contributed by atoms with Gasteiger partial charge in [0.15, 0.2) is 5.78 Å². The molecule has 2 N–H and O–H groups in total. The number of phenols is 1. The molecule has 0 radical (unpaired) electrons. The van der Waals surface area contributed by atoms with Crippen LogP contribution in [0.15, 0.2) is 18.2 Å². The summed E-state index contributed by atoms with van der Waals surface area (Å²) < 4.78 is 0. The van der Waals surface area contributed by atoms with E-state index >= 15 is 0 Å². The normalized spacial score (nSPS) is 12.5. The lowest BCUT2D eigenvalue weighted by atomic mass is 10.0. The Morgan fingerprint density at radius 2 is 2.08 bits per heavy atom. The zero-order valence-corrected chi connectivity index (χ0v) is 7.61. The highest BCUT2D eigenvalue weighted by Gasteiger charge is 2.15. The Kier molecular flexibility index (Phi) is 2.68. The average molecular weight is 180 g/mol. The molecule has 0 aliphatic heterocycles. The summed E-state index contributed by atoms with van der Waals surface area (Å²) in [5.41, 5.74) is 1.26. The van der Waals surface area contributed by atoms with Crippen LogP contribution < -0.4 is 0 Å². The summed E-state index contributed by atoms with van der Waals surface area (Å²) >= 11 is 0. The van der Waals surface area contributed by atoms with E-state index < -0.39 is 6.10 Å². The van der Waals surface area contributed by atoms with Gasteiger partial charge in [-0.05, 0) is 37.1 Å². The summed E-state index contributed by atoms with van der Waals surface area (Å²) in [4.78, 5) is 10.9. The van der Waals surface area contributed by atoms with E-state index in [2.05, 4.69) is 0 Å². The number of aliphatic hydroxyl groups is 1. The molecule has 0 heterocycles. The van der Waals surface area contributed by atoms with Gasteiger partial charge < -0.3 is 10.2 Å². The van der Waals surface area contributed by atoms with E-state index in [1.807, 2.05) is 0 Å². The van der Waals surface area contributed by atoms with Crippen LogP contribution in [0.25, 0.3) is 0 Å². The molecule has 1 unspecified atom stereocenters. The fraction of sp³-hybridized carbons (Fsp3) is 0.300. The monoisotopic (exact) mass is 180 g/mol. The second-order valence-electron chi connectivity index (χ2n) is 3.05. The maximum Gasteiger partial charge on any atom is 0.162 e. The summed E-state index contributed by atoms with van der Waals surface area (Å²) in [6, 6.07) is 4.59. The molecule has 1 rings (SSSR count). The van der Waals surface area contributed by atoms with Crippen LogP contribution in [-0.4, -0.2) is 16.0 Å². The van der Waals surface area contributed by atoms with E-state index in [9.17, 15) is 9.90 Å². The zero-order chi connectivity index (χ0) is 10.0. The first kappa shape index (κ1) is 9.74. The van der Waals surface area contributed by atoms with Gasteiger partial charge in [-0.15, -0.1) is 0 Å². The smallest absolute Gasteiger partial charge is 0.162 e. The molecule has 0 aliphatic carbocycles. The van der Waals surface area contributed by atoms with Crippen LogP contribution in [-0.2, 0) is 4.79 Å². The summed E-state index contributed by atoms with van der Waals surface area (Å²) in [5.74, 6) is -0.269. The van der Waals surface area contributed by atoms with Crippen LogP contribution in [0.2, 0.25) is 0 Å². The predicted octanol–water partition coefficient (Wildman–Crippen LogP) is 1.32. The van der Waals surface area contributed by atoms with Gasteiger partial charge in [0.1, 0.15) is 11.9 Å². The number of rotatable bonds is 2. The van der Waals surface area contributed by atoms with Crippen molar-refractivity contribution in [2.75, 3.05) is 0 Å². The van der Waals surface area contributed by atoms with Crippen molar-refractivity contribution in [2.24, 2.45) is 0 Å². The fourth-order valence-corrected chi connectivity index (χ4v) is 1.14. The molecular formula is C10H12O3. The highest BCUT2D eigenvalue weighted by atomic mass is 16.3. The lowest BCUT2D eigenvalue weighted by Gasteiger charge is -2.10. The number of aryl methyl sites for hydroxylation is 1. The van der Waals surface area contributed by atoms with E-state index in [4.69, 9.17) is 5.11 Å². The first-order valence-electron chi connectivity index (χ1n) is 4.00. The number of carbonyl (C=O) groups excluding carboxylic acids is 1. The van der Waals surface area contributed by atoms with Crippen molar-refractivity contribution >= 4 is 5.78 Å². The Bertz CT molecular complexity index is 331. The van der Waals surface area contributed by atoms with Gasteiger partial charge in [0.05, 0.1) is 0 Å². The molecule has 70 valence electrons. The Morgan fingerprint density at radius 1 is 1.46 bits per heavy atom. The third-order valence-corrected chi connectivity index (χ3v) is 1.94. The molecule has 0 saturated carbocycles. The third-order valence-electron chi connectivity index (χ3n) is 1.94. The van der Waals surface area contributed by atoms with Crippen molar-refractivity contribution < 1.29 is 15.0 Å². The van der Waals surface area contributed by atoms with Gasteiger partial charge in [-0.25, -0.2) is 0 Å². The van der Waals surface area contributed by atoms with Crippen molar-refractivity contribution in [1.29, 1.82) is 0 Å². The quantitative estimate of drug-likeness (QED) is 0.721. The van der Waals surface area contributed by atoms with Crippen molar-refractivity contribution in [3.05, 3.63) is 29.3 Å². The number of Topliss-reactive ketones (excluding diaryl/α,β-unsaturated/α-hetero) is 1. The fourth-order valence-electron chi connectivity index (χ4n) is 1.14. The zero-order valence-electron chi connectivity index (χ0n) is 7.61. The maximum atomic E-state index is 10.9. The molecule has 0 aromatic heterocycles. The maximum absolute atomic E-state index is 10.9. The van der Waals surface area contributed by atoms with Gasteiger partial charge in [0, 0.05) is 0 Å². The van der Waals surface area contributed by atoms with E-state index in [-0.39, 0.29) is 11.5 Å². The van der Waals surface area contributed by atoms with Crippen LogP contribution in [0.5, 0.6) is 5.75 Å². The Morgan fingerprint density at radius 3 is 2.62 bits per heavy atom. The number of hydrogen-bond acceptors (Lipinski definition) is 3. The molecule has 0 fully saturated rings. The molecule has 0 spiro atoms. The SMILES string of the molecule is CC(=O)C(O)c1cc(O)ccc1C. The van der Waals surface area contributed by atoms with Crippen LogP contribution in [0, 0.1) is 6.92 Å². The van der Waals surface area contributed by atoms with Crippen LogP contribution in [0.4, 0.5) is 0 Å². The van der Waals surface area contributed by atoms with E-state index in [0.717, 1.165) is 5.56 Å². The van der Waals surface area contributed by atoms with E-state index in [1.165, 1.54) is 19.1 Å². The molecule has 3 heteroatoms. The standard InChI is InChI=1S/C10H12O3/c1-6-3-4-8(12)5-9(6)10(13)7(2)11/h3-5,10,12-13H,1-2H3. The molecule has 1 aromatic rings. The average Bonchev–Trinajstić information content (AvgIpc) is 2.08. The van der Waals surface area contributed by atoms with Crippen molar-refractivity contribution in [3.8, 4) is 5.75 Å². The van der Waals surface area contributed by atoms with Crippen molar-refractivity contribution in [3.63, 3.8) is 0 Å². The number of ketones is 1. The van der Waals surface area contributed by atoms with Gasteiger partial charge in [-0.1, -0.05) is 6.07 Å². The Hall–Kier alpha value is -1.35. The predicted molar refractivity (Wildman–Crippen MR) is 48.5 cm³/mol. The van der Waals surface area contributed by atoms with Gasteiger partial charge in [-0.3, -0.25) is 4.79 Å². The summed E-state index contributed by atoms with van der Waals surface area (Å²) in [7, 11) is 0. The second kappa shape index (κ2) is 3.58. The number of aliphatic hydroxyl groups excluding tert-OH is 1. The molecular weight excluding hydrogens is 168 g/mol. The highest BCUT2D eigenvalue weighted by Crippen LogP contribution is 2.22. The van der Waals surface area contributed by atoms with Crippen molar-refractivity contribution in [1.82, 2.24) is 0 Å². The molecule has 0 bridgehead atoms. The number of aromatic hydroxyl groups is 1. The van der Waals surface area contributed by atoms with E-state index in [0.29, 0.717) is 5.56 Å². The van der Waals surface area contributed by atoms with Crippen LogP contribution >= 0.6 is 0 Å². The lowest BCUT2D eigenvalue weighted by molar-refractivity contribution is -0.125. The molecule has 0 amide bonds. The van der Waals surface area contributed by atoms with Gasteiger partial charge in [0.2, 0.25) is 0 Å². The Balaban J connectivity index is 3.12. The van der Waals surface area contributed by atoms with Crippen LogP contribution in [0.3, 0.4) is 0 Å². The summed E-state index contributed by atoms with van der Waals surface area (Å²) in [6.45, 7) is 3.09. The topological polar surface area (TPSA) is 57.5 Å². The lowest BCUT2D eigenvalue weighted by Crippen LogP contribution is -2.08. The molecule has 1 atom stereocenters. The molecule has 3 nitrogen and oxygen atoms in total. The molecule has 0 saturated heterocycles. The summed E-state index contributed by atoms with van der Waals surface area (Å²) in [5, 5.41) is 18.6. The number of benzene rings is 1. The molecule has 13 heavy (non-hydrogen) atoms. The number of carbonyl (C=O) groups is 1. The van der Waals surface area contributed by atoms with Gasteiger partial charge in [-0.2, -0.15) is 0 Å². The van der Waals surface area contributed by atoms with Gasteiger partial charge in [0.25, 0.3) is 0 Å². The first-order valence-corrected chi connectivity index (χ1v) is 4.00. The number of hydrogen-bond donors (Lipinski definition) is 2. The molecule has 1 aromatic carbocycles. The highest BCUT2D eigenvalue weighted by molar-refractivity contribution is 5.82. The van der Waals surface area contributed by atoms with Crippen molar-refractivity contribution in [2.45, 2.75) is 20.0 Å². The Labute approximate surface area is 76.6 Å². The third kappa shape index (κ3) is 2.06. The van der Waals surface area contributed by atoms with E-state index in [1.54, 1.807) is 13.0 Å². The summed E-state index contributed by atoms with van der Waals surface area (Å²) in [6.07, 6.45) is -1.13. The van der Waals surface area contributed by atoms with Gasteiger partial charge >= 0.3 is 0 Å². The minimum Gasteiger partial charge on any atom is -0.508 e. The first-order chi connectivity index (χ1) is 6.02. The minimum atomic E-state index is -1.13. The van der Waals surface area contributed by atoms with Crippen LogP contribution in [0.1, 0.15) is 24.2 Å². The largest absolute Gasteiger partial charge is 0.508 e. The number of phenolic OH excluding ortho intramolecular Hbond substituents is 1.